The summed E-state index contributed by atoms with van der Waals surface area (Å²) in [6.07, 6.45) is 1.66. The summed E-state index contributed by atoms with van der Waals surface area (Å²) in [5.41, 5.74) is 1.52. The molecule has 2 N–H and O–H groups in total. The van der Waals surface area contributed by atoms with Crippen LogP contribution in [0.4, 0.5) is 0 Å². The number of pyridine rings is 1. The minimum atomic E-state index is -4.04. The summed E-state index contributed by atoms with van der Waals surface area (Å²) in [4.78, 5) is 16.2. The minimum Gasteiger partial charge on any atom is -0.457 e. The molecular weight excluding hydrogens is 364 g/mol. The van der Waals surface area contributed by atoms with Gasteiger partial charge in [0, 0.05) is 17.1 Å². The fraction of sp³-hybridized carbons (Fsp3) is 0.0588. The molecule has 0 saturated carbocycles. The van der Waals surface area contributed by atoms with E-state index in [1.54, 1.807) is 12.3 Å². The van der Waals surface area contributed by atoms with Gasteiger partial charge in [0.2, 0.25) is 10.0 Å². The van der Waals surface area contributed by atoms with E-state index in [1.807, 2.05) is 24.3 Å². The van der Waals surface area contributed by atoms with Crippen molar-refractivity contribution in [1.82, 2.24) is 4.98 Å². The molecule has 0 saturated heterocycles. The first-order chi connectivity index (χ1) is 11.9. The zero-order valence-electron chi connectivity index (χ0n) is 12.8. The third-order valence-corrected chi connectivity index (χ3v) is 4.94. The number of hydrogen-bond acceptors (Lipinski definition) is 5. The third-order valence-electron chi connectivity index (χ3n) is 3.55. The fourth-order valence-electron chi connectivity index (χ4n) is 2.36. The van der Waals surface area contributed by atoms with Crippen LogP contribution in [0.15, 0.2) is 59.6 Å². The molecule has 8 heteroatoms. The Morgan fingerprint density at radius 1 is 1.16 bits per heavy atom. The van der Waals surface area contributed by atoms with Crippen molar-refractivity contribution in [3.05, 3.63) is 70.9 Å². The molecule has 0 spiro atoms. The van der Waals surface area contributed by atoms with Crippen molar-refractivity contribution in [2.45, 2.75) is 11.5 Å². The number of nitrogens with zero attached hydrogens (tertiary/aromatic N) is 1. The minimum absolute atomic E-state index is 0.000517. The monoisotopic (exact) mass is 376 g/mol. The molecule has 0 radical (unpaired) electrons. The number of esters is 1. The van der Waals surface area contributed by atoms with Crippen molar-refractivity contribution in [1.29, 1.82) is 0 Å². The standard InChI is InChI=1S/C17H13ClN2O4S/c18-14-7-6-12(9-15(14)25(19,22)23)17(21)24-10-13-4-1-3-11-5-2-8-20-16(11)13/h1-9H,10H2,(H2,19,22,23). The van der Waals surface area contributed by atoms with Gasteiger partial charge >= 0.3 is 5.97 Å². The van der Waals surface area contributed by atoms with Crippen molar-refractivity contribution >= 4 is 38.5 Å². The fourth-order valence-corrected chi connectivity index (χ4v) is 3.43. The number of fused-ring (bicyclic) bond motifs is 1. The van der Waals surface area contributed by atoms with Crippen LogP contribution in [0.3, 0.4) is 0 Å². The molecule has 0 bridgehead atoms. The molecule has 1 aromatic heterocycles. The highest BCUT2D eigenvalue weighted by Crippen LogP contribution is 2.22. The van der Waals surface area contributed by atoms with Gasteiger partial charge in [-0.05, 0) is 24.3 Å². The van der Waals surface area contributed by atoms with E-state index in [9.17, 15) is 13.2 Å². The molecule has 2 aromatic carbocycles. The lowest BCUT2D eigenvalue weighted by molar-refractivity contribution is 0.0474. The Kier molecular flexibility index (Phi) is 4.71. The second-order valence-corrected chi connectivity index (χ2v) is 7.20. The third kappa shape index (κ3) is 3.79. The van der Waals surface area contributed by atoms with Crippen LogP contribution in [0.1, 0.15) is 15.9 Å². The molecule has 3 aromatic rings. The quantitative estimate of drug-likeness (QED) is 0.706. The number of hydrogen-bond donors (Lipinski definition) is 1. The maximum Gasteiger partial charge on any atom is 0.338 e. The normalized spacial score (nSPS) is 11.4. The van der Waals surface area contributed by atoms with Gasteiger partial charge in [0.05, 0.1) is 16.1 Å². The number of benzene rings is 2. The summed E-state index contributed by atoms with van der Waals surface area (Å²) in [7, 11) is -4.04. The predicted molar refractivity (Wildman–Crippen MR) is 93.7 cm³/mol. The Hall–Kier alpha value is -2.48. The van der Waals surface area contributed by atoms with Crippen molar-refractivity contribution in [2.24, 2.45) is 5.14 Å². The molecule has 0 aliphatic rings. The van der Waals surface area contributed by atoms with Gasteiger partial charge in [-0.25, -0.2) is 18.4 Å². The van der Waals surface area contributed by atoms with Crippen LogP contribution in [0.5, 0.6) is 0 Å². The van der Waals surface area contributed by atoms with Gasteiger partial charge in [-0.2, -0.15) is 0 Å². The number of halogens is 1. The van der Waals surface area contributed by atoms with Crippen molar-refractivity contribution in [3.8, 4) is 0 Å². The van der Waals surface area contributed by atoms with Crippen molar-refractivity contribution < 1.29 is 17.9 Å². The van der Waals surface area contributed by atoms with E-state index < -0.39 is 16.0 Å². The Labute approximate surface area is 149 Å². The lowest BCUT2D eigenvalue weighted by Gasteiger charge is -2.09. The van der Waals surface area contributed by atoms with Crippen LogP contribution in [0.2, 0.25) is 5.02 Å². The largest absolute Gasteiger partial charge is 0.457 e. The number of sulfonamides is 1. The summed E-state index contributed by atoms with van der Waals surface area (Å²) in [5, 5.41) is 5.95. The van der Waals surface area contributed by atoms with Crippen molar-refractivity contribution in [2.75, 3.05) is 0 Å². The van der Waals surface area contributed by atoms with Crippen LogP contribution in [-0.2, 0) is 21.4 Å². The number of rotatable bonds is 4. The Balaban J connectivity index is 1.83. The Morgan fingerprint density at radius 3 is 2.68 bits per heavy atom. The highest BCUT2D eigenvalue weighted by Gasteiger charge is 2.17. The van der Waals surface area contributed by atoms with E-state index in [2.05, 4.69) is 4.98 Å². The molecule has 0 amide bonds. The van der Waals surface area contributed by atoms with E-state index in [0.717, 1.165) is 22.5 Å². The van der Waals surface area contributed by atoms with Gasteiger partial charge in [0.15, 0.2) is 0 Å². The van der Waals surface area contributed by atoms with Crippen LogP contribution in [-0.4, -0.2) is 19.4 Å². The SMILES string of the molecule is NS(=O)(=O)c1cc(C(=O)OCc2cccc3cccnc23)ccc1Cl. The highest BCUT2D eigenvalue weighted by molar-refractivity contribution is 7.89. The smallest absolute Gasteiger partial charge is 0.338 e. The van der Waals surface area contributed by atoms with E-state index in [0.29, 0.717) is 0 Å². The molecule has 1 heterocycles. The predicted octanol–water partition coefficient (Wildman–Crippen LogP) is 2.89. The lowest BCUT2D eigenvalue weighted by Crippen LogP contribution is -2.14. The summed E-state index contributed by atoms with van der Waals surface area (Å²) >= 11 is 5.80. The van der Waals surface area contributed by atoms with Crippen LogP contribution in [0, 0.1) is 0 Å². The summed E-state index contributed by atoms with van der Waals surface area (Å²) in [6, 6.07) is 13.0. The van der Waals surface area contributed by atoms with Gasteiger partial charge in [0.1, 0.15) is 11.5 Å². The number of nitrogens with two attached hydrogens (primary N) is 1. The van der Waals surface area contributed by atoms with Crippen LogP contribution in [0.25, 0.3) is 10.9 Å². The zero-order chi connectivity index (χ0) is 18.0. The summed E-state index contributed by atoms with van der Waals surface area (Å²) < 4.78 is 28.2. The zero-order valence-corrected chi connectivity index (χ0v) is 14.4. The van der Waals surface area contributed by atoms with Gasteiger partial charge in [-0.3, -0.25) is 4.98 Å². The first kappa shape index (κ1) is 17.3. The lowest BCUT2D eigenvalue weighted by atomic mass is 10.1. The van der Waals surface area contributed by atoms with E-state index >= 15 is 0 Å². The second kappa shape index (κ2) is 6.79. The average Bonchev–Trinajstić information content (AvgIpc) is 2.59. The first-order valence-corrected chi connectivity index (χ1v) is 9.11. The molecule has 128 valence electrons. The second-order valence-electron chi connectivity index (χ2n) is 5.26. The molecular formula is C17H13ClN2O4S. The van der Waals surface area contributed by atoms with Gasteiger partial charge in [0.25, 0.3) is 0 Å². The molecule has 25 heavy (non-hydrogen) atoms. The molecule has 0 unspecified atom stereocenters. The number of primary sulfonamides is 1. The molecule has 0 aliphatic carbocycles. The molecule has 3 rings (SSSR count). The summed E-state index contributed by atoms with van der Waals surface area (Å²) in [6.45, 7) is 0.000517. The molecule has 0 atom stereocenters. The number of carbonyl (C=O) groups excluding carboxylic acids is 1. The Morgan fingerprint density at radius 2 is 1.92 bits per heavy atom. The highest BCUT2D eigenvalue weighted by atomic mass is 35.5. The van der Waals surface area contributed by atoms with Gasteiger partial charge in [-0.1, -0.05) is 35.9 Å². The first-order valence-electron chi connectivity index (χ1n) is 7.18. The maximum absolute atomic E-state index is 12.2. The van der Waals surface area contributed by atoms with E-state index in [4.69, 9.17) is 21.5 Å². The van der Waals surface area contributed by atoms with Crippen molar-refractivity contribution in [3.63, 3.8) is 0 Å². The Bertz CT molecular complexity index is 1060. The van der Waals surface area contributed by atoms with E-state index in [-0.39, 0.29) is 22.1 Å². The maximum atomic E-state index is 12.2. The number of ether oxygens (including phenoxy) is 1. The topological polar surface area (TPSA) is 99.4 Å². The van der Waals surface area contributed by atoms with Crippen LogP contribution >= 0.6 is 11.6 Å². The van der Waals surface area contributed by atoms with Gasteiger partial charge in [-0.15, -0.1) is 0 Å². The van der Waals surface area contributed by atoms with Gasteiger partial charge < -0.3 is 4.74 Å². The molecule has 0 fully saturated rings. The number of aromatic nitrogens is 1. The number of carbonyl (C=O) groups is 1. The van der Waals surface area contributed by atoms with E-state index in [1.165, 1.54) is 12.1 Å². The molecule has 6 nitrogen and oxygen atoms in total. The number of para-hydroxylation sites is 1. The van der Waals surface area contributed by atoms with Crippen LogP contribution < -0.4 is 5.14 Å². The average molecular weight is 377 g/mol. The molecule has 0 aliphatic heterocycles. The summed E-state index contributed by atoms with van der Waals surface area (Å²) in [5.74, 6) is -0.686.